The maximum Gasteiger partial charge on any atom is 0.224 e. The molecule has 2 aromatic rings. The zero-order chi connectivity index (χ0) is 20.0. The first-order valence-electron chi connectivity index (χ1n) is 11.1. The molecule has 1 saturated heterocycles. The maximum atomic E-state index is 13.1. The molecule has 1 spiro atoms. The molecule has 156 valence electrons. The Kier molecular flexibility index (Phi) is 4.73. The van der Waals surface area contributed by atoms with Gasteiger partial charge in [-0.05, 0) is 56.4 Å². The minimum atomic E-state index is -0.431. The number of nitrogens with zero attached hydrogens (tertiary/aromatic N) is 3. The highest BCUT2D eigenvalue weighted by Gasteiger charge is 2.55. The van der Waals surface area contributed by atoms with Crippen LogP contribution in [0.25, 0.3) is 11.0 Å². The number of hydrogen-bond acceptors (Lipinski definition) is 5. The quantitative estimate of drug-likeness (QED) is 0.721. The number of carbonyl (C=O) groups excluding carboxylic acids is 1. The lowest BCUT2D eigenvalue weighted by molar-refractivity contribution is -0.129. The summed E-state index contributed by atoms with van der Waals surface area (Å²) in [4.78, 5) is 27.4. The predicted octanol–water partition coefficient (Wildman–Crippen LogP) is 2.62. The molecule has 0 bridgehead atoms. The maximum absolute atomic E-state index is 13.1. The number of fused-ring (bicyclic) bond motifs is 1. The van der Waals surface area contributed by atoms with Crippen molar-refractivity contribution in [2.75, 3.05) is 18.0 Å². The second-order valence-corrected chi connectivity index (χ2v) is 9.39. The van der Waals surface area contributed by atoms with E-state index in [1.165, 1.54) is 12.8 Å². The van der Waals surface area contributed by atoms with Gasteiger partial charge in [0.25, 0.3) is 0 Å². The van der Waals surface area contributed by atoms with Crippen LogP contribution in [0.2, 0.25) is 0 Å². The molecule has 29 heavy (non-hydrogen) atoms. The Morgan fingerprint density at radius 3 is 2.86 bits per heavy atom. The fourth-order valence-electron chi connectivity index (χ4n) is 5.65. The summed E-state index contributed by atoms with van der Waals surface area (Å²) in [6.07, 6.45) is 10.6. The first-order valence-corrected chi connectivity index (χ1v) is 11.1. The summed E-state index contributed by atoms with van der Waals surface area (Å²) in [5.74, 6) is 1.46. The van der Waals surface area contributed by atoms with Gasteiger partial charge in [-0.1, -0.05) is 12.8 Å². The zero-order valence-corrected chi connectivity index (χ0v) is 17.1. The van der Waals surface area contributed by atoms with Crippen LogP contribution in [0.1, 0.15) is 51.9 Å². The van der Waals surface area contributed by atoms with Gasteiger partial charge in [0.15, 0.2) is 0 Å². The number of H-pyrrole nitrogens is 1. The molecular weight excluding hydrogens is 366 g/mol. The van der Waals surface area contributed by atoms with Crippen LogP contribution < -0.4 is 10.2 Å². The fourth-order valence-corrected chi connectivity index (χ4v) is 5.65. The van der Waals surface area contributed by atoms with E-state index in [1.807, 2.05) is 19.2 Å². The largest absolute Gasteiger partial charge is 0.391 e. The number of nitrogens with one attached hydrogen (secondary N) is 2. The zero-order valence-electron chi connectivity index (χ0n) is 17.1. The number of aliphatic hydroxyl groups excluding tert-OH is 1. The van der Waals surface area contributed by atoms with Crippen molar-refractivity contribution in [3.63, 3.8) is 0 Å². The third-order valence-electron chi connectivity index (χ3n) is 7.54. The van der Waals surface area contributed by atoms with Crippen LogP contribution in [0, 0.1) is 17.3 Å². The van der Waals surface area contributed by atoms with Crippen molar-refractivity contribution in [3.05, 3.63) is 18.6 Å². The number of carbonyl (C=O) groups is 1. The number of aromatic nitrogens is 3. The summed E-state index contributed by atoms with van der Waals surface area (Å²) in [6, 6.07) is 1.84. The third-order valence-corrected chi connectivity index (χ3v) is 7.54. The summed E-state index contributed by atoms with van der Waals surface area (Å²) < 4.78 is 0. The van der Waals surface area contributed by atoms with Gasteiger partial charge in [0.05, 0.1) is 17.5 Å². The number of anilines is 1. The number of piperidine rings is 1. The van der Waals surface area contributed by atoms with E-state index >= 15 is 0 Å². The first-order chi connectivity index (χ1) is 14.1. The minimum Gasteiger partial charge on any atom is -0.391 e. The summed E-state index contributed by atoms with van der Waals surface area (Å²) in [5, 5.41) is 14.8. The van der Waals surface area contributed by atoms with E-state index in [0.29, 0.717) is 5.92 Å². The molecule has 3 N–H and O–H groups in total. The summed E-state index contributed by atoms with van der Waals surface area (Å²) >= 11 is 0. The molecule has 3 aliphatic rings. The normalized spacial score (nSPS) is 26.0. The topological polar surface area (TPSA) is 94.1 Å². The molecule has 1 amide bonds. The van der Waals surface area contributed by atoms with Crippen molar-refractivity contribution in [1.82, 2.24) is 20.3 Å². The van der Waals surface area contributed by atoms with E-state index in [9.17, 15) is 9.90 Å². The Balaban J connectivity index is 1.26. The Morgan fingerprint density at radius 1 is 1.31 bits per heavy atom. The van der Waals surface area contributed by atoms with Gasteiger partial charge < -0.3 is 20.3 Å². The molecule has 0 radical (unpaired) electrons. The molecular formula is C22H31N5O2. The summed E-state index contributed by atoms with van der Waals surface area (Å²) in [6.45, 7) is 3.64. The van der Waals surface area contributed by atoms with Gasteiger partial charge in [-0.15, -0.1) is 0 Å². The first kappa shape index (κ1) is 18.9. The van der Waals surface area contributed by atoms with E-state index in [2.05, 4.69) is 25.2 Å². The average molecular weight is 398 g/mol. The monoisotopic (exact) mass is 397 g/mol. The van der Waals surface area contributed by atoms with Gasteiger partial charge in [-0.3, -0.25) is 4.79 Å². The number of aliphatic hydroxyl groups is 1. The van der Waals surface area contributed by atoms with Crippen molar-refractivity contribution in [3.8, 4) is 0 Å². The van der Waals surface area contributed by atoms with Gasteiger partial charge in [0.2, 0.25) is 5.91 Å². The Labute approximate surface area is 171 Å². The Bertz CT molecular complexity index is 886. The molecule has 1 unspecified atom stereocenters. The third kappa shape index (κ3) is 3.39. The molecule has 2 aromatic heterocycles. The van der Waals surface area contributed by atoms with Crippen molar-refractivity contribution >= 4 is 22.8 Å². The number of rotatable bonds is 5. The average Bonchev–Trinajstić information content (AvgIpc) is 3.16. The van der Waals surface area contributed by atoms with E-state index in [1.54, 1.807) is 6.33 Å². The summed E-state index contributed by atoms with van der Waals surface area (Å²) in [7, 11) is 0. The van der Waals surface area contributed by atoms with Crippen molar-refractivity contribution in [2.45, 2.75) is 64.0 Å². The van der Waals surface area contributed by atoms with Crippen LogP contribution in [-0.2, 0) is 4.79 Å². The minimum absolute atomic E-state index is 0.0283. The van der Waals surface area contributed by atoms with Gasteiger partial charge in [-0.25, -0.2) is 9.97 Å². The molecule has 7 nitrogen and oxygen atoms in total. The van der Waals surface area contributed by atoms with Crippen LogP contribution in [0.3, 0.4) is 0 Å². The molecule has 3 heterocycles. The van der Waals surface area contributed by atoms with E-state index in [0.717, 1.165) is 62.0 Å². The number of amides is 1. The second kappa shape index (κ2) is 7.27. The Hall–Kier alpha value is -2.15. The predicted molar refractivity (Wildman–Crippen MR) is 111 cm³/mol. The standard InChI is InChI=1S/C22H31N5O2/c1-14(18(28)15-4-2-3-5-15)26-21(29)17-7-11-27(12-22(17)8-9-22)20-16-6-10-23-19(16)24-13-25-20/h6,10,13-15,17-18,28H,2-5,7-9,11-12H2,1H3,(H,26,29)(H,23,24,25)/t14-,17+,18?/m0/s1. The van der Waals surface area contributed by atoms with Crippen LogP contribution in [0.5, 0.6) is 0 Å². The highest BCUT2D eigenvalue weighted by atomic mass is 16.3. The lowest BCUT2D eigenvalue weighted by atomic mass is 9.81. The van der Waals surface area contributed by atoms with E-state index < -0.39 is 6.10 Å². The Morgan fingerprint density at radius 2 is 2.10 bits per heavy atom. The number of hydrogen-bond donors (Lipinski definition) is 3. The van der Waals surface area contributed by atoms with E-state index in [-0.39, 0.29) is 23.3 Å². The SMILES string of the molecule is C[C@H](NC(=O)[C@H]1CCN(c2ncnc3[nH]ccc23)CC12CC2)C(O)C1CCCC1. The molecule has 3 atom stereocenters. The van der Waals surface area contributed by atoms with Gasteiger partial charge in [0.1, 0.15) is 17.8 Å². The molecule has 7 heteroatoms. The van der Waals surface area contributed by atoms with Crippen LogP contribution in [0.4, 0.5) is 5.82 Å². The van der Waals surface area contributed by atoms with Gasteiger partial charge >= 0.3 is 0 Å². The highest BCUT2D eigenvalue weighted by Crippen LogP contribution is 2.56. The molecule has 2 aliphatic carbocycles. The van der Waals surface area contributed by atoms with Crippen molar-refractivity contribution in [1.29, 1.82) is 0 Å². The lowest BCUT2D eigenvalue weighted by Crippen LogP contribution is -2.52. The number of aromatic amines is 1. The molecule has 3 fully saturated rings. The molecule has 1 aliphatic heterocycles. The lowest BCUT2D eigenvalue weighted by Gasteiger charge is -2.40. The molecule has 2 saturated carbocycles. The second-order valence-electron chi connectivity index (χ2n) is 9.39. The fraction of sp³-hybridized carbons (Fsp3) is 0.682. The van der Waals surface area contributed by atoms with E-state index in [4.69, 9.17) is 0 Å². The molecule has 0 aromatic carbocycles. The molecule has 5 rings (SSSR count). The van der Waals surface area contributed by atoms with Gasteiger partial charge in [0, 0.05) is 25.2 Å². The van der Waals surface area contributed by atoms with Crippen molar-refractivity contribution < 1.29 is 9.90 Å². The van der Waals surface area contributed by atoms with Crippen LogP contribution in [-0.4, -0.2) is 51.2 Å². The highest BCUT2D eigenvalue weighted by molar-refractivity contribution is 5.87. The van der Waals surface area contributed by atoms with Crippen molar-refractivity contribution in [2.24, 2.45) is 17.3 Å². The van der Waals surface area contributed by atoms with Crippen LogP contribution >= 0.6 is 0 Å². The van der Waals surface area contributed by atoms with Gasteiger partial charge in [-0.2, -0.15) is 0 Å². The van der Waals surface area contributed by atoms with Crippen LogP contribution in [0.15, 0.2) is 18.6 Å². The summed E-state index contributed by atoms with van der Waals surface area (Å²) in [5.41, 5.74) is 0.906. The smallest absolute Gasteiger partial charge is 0.224 e.